The van der Waals surface area contributed by atoms with Crippen LogP contribution in [0.5, 0.6) is 0 Å². The molecule has 66 valence electrons. The molecule has 0 rings (SSSR count). The first kappa shape index (κ1) is 10.3. The van der Waals surface area contributed by atoms with Gasteiger partial charge in [-0.2, -0.15) is 0 Å². The largest absolute Gasteiger partial charge is 0.480 e. The number of carbonyl (C=O) groups is 1. The molecule has 11 heavy (non-hydrogen) atoms. The Morgan fingerprint density at radius 3 is 2.73 bits per heavy atom. The fourth-order valence-corrected chi connectivity index (χ4v) is 0.581. The van der Waals surface area contributed by atoms with E-state index < -0.39 is 12.2 Å². The highest BCUT2D eigenvalue weighted by atomic mass is 16.5. The van der Waals surface area contributed by atoms with Crippen LogP contribution in [-0.2, 0) is 9.53 Å². The maximum Gasteiger partial charge on any atom is 0.329 e. The Kier molecular flexibility index (Phi) is 5.73. The highest BCUT2D eigenvalue weighted by molar-refractivity contribution is 5.68. The predicted molar refractivity (Wildman–Crippen MR) is 39.9 cm³/mol. The van der Waals surface area contributed by atoms with Gasteiger partial charge in [-0.05, 0) is 19.4 Å². The summed E-state index contributed by atoms with van der Waals surface area (Å²) in [7, 11) is 0. The summed E-state index contributed by atoms with van der Waals surface area (Å²) < 4.78 is 4.73. The monoisotopic (exact) mass is 162 g/mol. The number of rotatable bonds is 6. The fraction of sp³-hybridized carbons (Fsp3) is 0.833. The number of ether oxygens (including phenoxy) is 1. The predicted octanol–water partition coefficient (Wildman–Crippen LogP) is -0.889. The van der Waals surface area contributed by atoms with E-state index in [0.717, 1.165) is 6.42 Å². The molecule has 0 saturated carbocycles. The zero-order chi connectivity index (χ0) is 8.69. The van der Waals surface area contributed by atoms with E-state index in [9.17, 15) is 4.79 Å². The highest BCUT2D eigenvalue weighted by Crippen LogP contribution is 1.93. The van der Waals surface area contributed by atoms with Gasteiger partial charge in [-0.25, -0.2) is 4.79 Å². The minimum Gasteiger partial charge on any atom is -0.480 e. The molecule has 0 saturated heterocycles. The minimum atomic E-state index is -1.01. The van der Waals surface area contributed by atoms with Crippen LogP contribution in [0.4, 0.5) is 0 Å². The van der Waals surface area contributed by atoms with Crippen molar-refractivity contribution in [2.24, 2.45) is 11.5 Å². The maximum absolute atomic E-state index is 9.97. The third-order valence-electron chi connectivity index (χ3n) is 1.11. The molecule has 0 radical (unpaired) electrons. The molecule has 5 nitrogen and oxygen atoms in total. The average Bonchev–Trinajstić information content (AvgIpc) is 1.97. The van der Waals surface area contributed by atoms with Crippen molar-refractivity contribution in [1.82, 2.24) is 0 Å². The smallest absolute Gasteiger partial charge is 0.329 e. The Labute approximate surface area is 65.3 Å². The second-order valence-electron chi connectivity index (χ2n) is 2.17. The Morgan fingerprint density at radius 1 is 1.64 bits per heavy atom. The van der Waals surface area contributed by atoms with Crippen LogP contribution < -0.4 is 11.5 Å². The molecule has 0 aliphatic carbocycles. The molecular formula is C6H14N2O3. The van der Waals surface area contributed by atoms with Crippen molar-refractivity contribution >= 4 is 5.97 Å². The van der Waals surface area contributed by atoms with E-state index in [4.69, 9.17) is 21.3 Å². The van der Waals surface area contributed by atoms with E-state index in [1.165, 1.54) is 0 Å². The molecule has 0 aromatic rings. The van der Waals surface area contributed by atoms with Crippen molar-refractivity contribution in [3.8, 4) is 0 Å². The van der Waals surface area contributed by atoms with E-state index in [1.54, 1.807) is 0 Å². The van der Waals surface area contributed by atoms with Gasteiger partial charge in [0.15, 0.2) is 0 Å². The molecule has 0 aliphatic heterocycles. The zero-order valence-corrected chi connectivity index (χ0v) is 6.32. The molecule has 0 aromatic heterocycles. The van der Waals surface area contributed by atoms with Crippen LogP contribution in [-0.4, -0.2) is 30.5 Å². The molecule has 0 heterocycles. The van der Waals surface area contributed by atoms with E-state index in [0.29, 0.717) is 13.0 Å². The van der Waals surface area contributed by atoms with Crippen molar-refractivity contribution in [1.29, 1.82) is 0 Å². The Bertz CT molecular complexity index is 118. The molecule has 1 unspecified atom stereocenters. The fourth-order valence-electron chi connectivity index (χ4n) is 0.581. The van der Waals surface area contributed by atoms with Gasteiger partial charge in [0.2, 0.25) is 0 Å². The summed E-state index contributed by atoms with van der Waals surface area (Å²) >= 11 is 0. The summed E-state index contributed by atoms with van der Waals surface area (Å²) in [6.45, 7) is 0.204. The van der Waals surface area contributed by atoms with Gasteiger partial charge in [-0.15, -0.1) is 0 Å². The summed E-state index contributed by atoms with van der Waals surface area (Å²) in [5.41, 5.74) is 10.6. The molecule has 0 aromatic carbocycles. The average molecular weight is 162 g/mol. The Morgan fingerprint density at radius 2 is 2.27 bits per heavy atom. The lowest BCUT2D eigenvalue weighted by molar-refractivity contribution is -0.144. The topological polar surface area (TPSA) is 98.6 Å². The number of carboxylic acids is 1. The molecular weight excluding hydrogens is 148 g/mol. The lowest BCUT2D eigenvalue weighted by Gasteiger charge is -2.09. The van der Waals surface area contributed by atoms with Crippen LogP contribution in [0.3, 0.4) is 0 Å². The molecule has 0 bridgehead atoms. The normalized spacial score (nSPS) is 12.9. The van der Waals surface area contributed by atoms with Crippen molar-refractivity contribution in [3.63, 3.8) is 0 Å². The van der Waals surface area contributed by atoms with Crippen molar-refractivity contribution in [2.45, 2.75) is 19.1 Å². The number of carboxylic acid groups (broad SMARTS) is 1. The van der Waals surface area contributed by atoms with E-state index >= 15 is 0 Å². The molecule has 5 heteroatoms. The van der Waals surface area contributed by atoms with Gasteiger partial charge in [0, 0.05) is 0 Å². The van der Waals surface area contributed by atoms with Crippen molar-refractivity contribution in [3.05, 3.63) is 0 Å². The van der Waals surface area contributed by atoms with Crippen LogP contribution in [0.15, 0.2) is 0 Å². The molecule has 0 amide bonds. The summed E-state index contributed by atoms with van der Waals surface area (Å²) in [6, 6.07) is 0. The lowest BCUT2D eigenvalue weighted by Crippen LogP contribution is -2.27. The van der Waals surface area contributed by atoms with Gasteiger partial charge < -0.3 is 21.3 Å². The molecule has 5 N–H and O–H groups in total. The molecule has 1 atom stereocenters. The first-order chi connectivity index (χ1) is 5.16. The van der Waals surface area contributed by atoms with Crippen LogP contribution >= 0.6 is 0 Å². The van der Waals surface area contributed by atoms with Crippen LogP contribution in [0, 0.1) is 0 Å². The third-order valence-corrected chi connectivity index (χ3v) is 1.11. The molecule has 0 spiro atoms. The number of nitrogens with two attached hydrogens (primary N) is 2. The summed E-state index contributed by atoms with van der Waals surface area (Å²) in [6.07, 6.45) is 0.847. The number of hydrogen-bond acceptors (Lipinski definition) is 4. The first-order valence-corrected chi connectivity index (χ1v) is 3.46. The van der Waals surface area contributed by atoms with Gasteiger partial charge in [0.25, 0.3) is 0 Å². The van der Waals surface area contributed by atoms with Gasteiger partial charge in [0.05, 0.1) is 0 Å². The van der Waals surface area contributed by atoms with Gasteiger partial charge in [0.1, 0.15) is 12.8 Å². The highest BCUT2D eigenvalue weighted by Gasteiger charge is 2.03. The molecule has 0 aliphatic rings. The van der Waals surface area contributed by atoms with E-state index in [1.807, 2.05) is 0 Å². The van der Waals surface area contributed by atoms with Gasteiger partial charge in [-0.1, -0.05) is 0 Å². The van der Waals surface area contributed by atoms with Gasteiger partial charge >= 0.3 is 5.97 Å². The second kappa shape index (κ2) is 6.09. The summed E-state index contributed by atoms with van der Waals surface area (Å²) in [5.74, 6) is -1.01. The number of hydrogen-bond donors (Lipinski definition) is 3. The van der Waals surface area contributed by atoms with E-state index in [2.05, 4.69) is 0 Å². The molecule has 0 fully saturated rings. The summed E-state index contributed by atoms with van der Waals surface area (Å²) in [5, 5.41) is 8.18. The Balaban J connectivity index is 3.22. The van der Waals surface area contributed by atoms with Crippen molar-refractivity contribution in [2.75, 3.05) is 13.2 Å². The van der Waals surface area contributed by atoms with Crippen LogP contribution in [0.1, 0.15) is 12.8 Å². The van der Waals surface area contributed by atoms with Gasteiger partial charge in [-0.3, -0.25) is 0 Å². The Hall–Kier alpha value is -0.650. The quantitative estimate of drug-likeness (QED) is 0.440. The third kappa shape index (κ3) is 7.24. The SMILES string of the molecule is NCCCC(N)OCC(=O)O. The maximum atomic E-state index is 9.97. The zero-order valence-electron chi connectivity index (χ0n) is 6.32. The van der Waals surface area contributed by atoms with Crippen molar-refractivity contribution < 1.29 is 14.6 Å². The number of aliphatic carboxylic acids is 1. The first-order valence-electron chi connectivity index (χ1n) is 3.46. The lowest BCUT2D eigenvalue weighted by atomic mass is 10.3. The van der Waals surface area contributed by atoms with Crippen LogP contribution in [0.25, 0.3) is 0 Å². The van der Waals surface area contributed by atoms with Crippen LogP contribution in [0.2, 0.25) is 0 Å². The second-order valence-corrected chi connectivity index (χ2v) is 2.17. The standard InChI is InChI=1S/C6H14N2O3/c7-3-1-2-5(8)11-4-6(9)10/h5H,1-4,7-8H2,(H,9,10). The summed E-state index contributed by atoms with van der Waals surface area (Å²) in [4.78, 5) is 9.97. The van der Waals surface area contributed by atoms with E-state index in [-0.39, 0.29) is 6.61 Å². The minimum absolute atomic E-state index is 0.342.